The molecule has 1 unspecified atom stereocenters. The predicted molar refractivity (Wildman–Crippen MR) is 66.7 cm³/mol. The monoisotopic (exact) mass is 246 g/mol. The molecule has 0 aliphatic rings. The van der Waals surface area contributed by atoms with Crippen LogP contribution in [0.25, 0.3) is 0 Å². The molecule has 2 aromatic carbocycles. The number of rotatable bonds is 4. The Bertz CT molecular complexity index is 490. The first kappa shape index (κ1) is 12.3. The number of phenols is 2. The lowest BCUT2D eigenvalue weighted by molar-refractivity contribution is 0.108. The van der Waals surface area contributed by atoms with Crippen molar-refractivity contribution in [1.82, 2.24) is 0 Å². The number of phenolic OH excluding ortho intramolecular Hbond substituents is 2. The van der Waals surface area contributed by atoms with Crippen LogP contribution in [0.15, 0.2) is 48.5 Å². The van der Waals surface area contributed by atoms with Gasteiger partial charge in [0, 0.05) is 0 Å². The Hall–Kier alpha value is -2.20. The summed E-state index contributed by atoms with van der Waals surface area (Å²) in [6.45, 7) is 0.107. The minimum absolute atomic E-state index is 0.107. The van der Waals surface area contributed by atoms with Gasteiger partial charge in [0.05, 0.1) is 0 Å². The zero-order valence-electron chi connectivity index (χ0n) is 9.65. The van der Waals surface area contributed by atoms with Crippen molar-refractivity contribution in [2.75, 3.05) is 6.61 Å². The molecule has 0 heterocycles. The van der Waals surface area contributed by atoms with Crippen molar-refractivity contribution in [1.29, 1.82) is 0 Å². The van der Waals surface area contributed by atoms with E-state index in [9.17, 15) is 5.11 Å². The first-order valence-electron chi connectivity index (χ1n) is 5.54. The third-order valence-electron chi connectivity index (χ3n) is 2.52. The second kappa shape index (κ2) is 5.42. The molecule has 0 saturated heterocycles. The fraction of sp³-hybridized carbons (Fsp3) is 0.143. The number of aromatic hydroxyl groups is 2. The van der Waals surface area contributed by atoms with Gasteiger partial charge in [-0.3, -0.25) is 0 Å². The molecule has 4 heteroatoms. The molecule has 0 aromatic heterocycles. The summed E-state index contributed by atoms with van der Waals surface area (Å²) in [4.78, 5) is 0. The Labute approximate surface area is 105 Å². The van der Waals surface area contributed by atoms with E-state index in [0.717, 1.165) is 0 Å². The van der Waals surface area contributed by atoms with Crippen molar-refractivity contribution in [3.05, 3.63) is 54.1 Å². The molecular formula is C14H14O4. The normalized spacial score (nSPS) is 12.1. The number of aliphatic hydroxyl groups is 1. The molecule has 1 atom stereocenters. The van der Waals surface area contributed by atoms with Crippen molar-refractivity contribution in [2.24, 2.45) is 0 Å². The zero-order chi connectivity index (χ0) is 13.0. The van der Waals surface area contributed by atoms with Gasteiger partial charge in [-0.25, -0.2) is 0 Å². The van der Waals surface area contributed by atoms with Gasteiger partial charge in [0.1, 0.15) is 30.0 Å². The highest BCUT2D eigenvalue weighted by Crippen LogP contribution is 2.20. The molecule has 0 saturated carbocycles. The predicted octanol–water partition coefficient (Wildman–Crippen LogP) is 2.21. The minimum atomic E-state index is -0.764. The van der Waals surface area contributed by atoms with E-state index in [1.165, 1.54) is 24.3 Å². The summed E-state index contributed by atoms with van der Waals surface area (Å²) in [5.74, 6) is 0.900. The lowest BCUT2D eigenvalue weighted by Gasteiger charge is -2.12. The molecule has 4 nitrogen and oxygen atoms in total. The first-order valence-corrected chi connectivity index (χ1v) is 5.54. The van der Waals surface area contributed by atoms with Crippen LogP contribution in [0.5, 0.6) is 17.2 Å². The number of hydrogen-bond donors (Lipinski definition) is 3. The molecule has 2 aromatic rings. The third kappa shape index (κ3) is 3.15. The van der Waals surface area contributed by atoms with Gasteiger partial charge in [0.2, 0.25) is 0 Å². The van der Waals surface area contributed by atoms with E-state index >= 15 is 0 Å². The molecule has 0 amide bonds. The maximum absolute atomic E-state index is 9.87. The van der Waals surface area contributed by atoms with Gasteiger partial charge >= 0.3 is 0 Å². The molecule has 0 fully saturated rings. The Balaban J connectivity index is 1.93. The lowest BCUT2D eigenvalue weighted by atomic mass is 10.1. The number of benzene rings is 2. The maximum atomic E-state index is 9.87. The summed E-state index contributed by atoms with van der Waals surface area (Å²) < 4.78 is 5.38. The molecule has 3 N–H and O–H groups in total. The topological polar surface area (TPSA) is 69.9 Å². The third-order valence-corrected chi connectivity index (χ3v) is 2.52. The molecule has 0 spiro atoms. The van der Waals surface area contributed by atoms with Gasteiger partial charge in [-0.05, 0) is 42.0 Å². The largest absolute Gasteiger partial charge is 0.508 e. The van der Waals surface area contributed by atoms with Crippen LogP contribution in [0.1, 0.15) is 11.7 Å². The summed E-state index contributed by atoms with van der Waals surface area (Å²) in [7, 11) is 0. The second-order valence-corrected chi connectivity index (χ2v) is 3.91. The van der Waals surface area contributed by atoms with Crippen LogP contribution in [0.4, 0.5) is 0 Å². The van der Waals surface area contributed by atoms with Crippen molar-refractivity contribution >= 4 is 0 Å². The van der Waals surface area contributed by atoms with E-state index in [4.69, 9.17) is 14.9 Å². The Morgan fingerprint density at radius 3 is 1.89 bits per heavy atom. The highest BCUT2D eigenvalue weighted by atomic mass is 16.5. The van der Waals surface area contributed by atoms with E-state index in [-0.39, 0.29) is 18.1 Å². The highest BCUT2D eigenvalue weighted by molar-refractivity contribution is 5.30. The van der Waals surface area contributed by atoms with Crippen LogP contribution >= 0.6 is 0 Å². The quantitative estimate of drug-likeness (QED) is 0.773. The zero-order valence-corrected chi connectivity index (χ0v) is 9.65. The molecule has 94 valence electrons. The van der Waals surface area contributed by atoms with Crippen LogP contribution < -0.4 is 4.74 Å². The molecular weight excluding hydrogens is 232 g/mol. The maximum Gasteiger partial charge on any atom is 0.119 e. The molecule has 0 bridgehead atoms. The molecule has 0 aliphatic heterocycles. The van der Waals surface area contributed by atoms with Crippen LogP contribution in [-0.4, -0.2) is 21.9 Å². The molecule has 18 heavy (non-hydrogen) atoms. The van der Waals surface area contributed by atoms with Gasteiger partial charge in [0.25, 0.3) is 0 Å². The SMILES string of the molecule is Oc1ccc(OCC(O)c2ccc(O)cc2)cc1. The van der Waals surface area contributed by atoms with Crippen molar-refractivity contribution < 1.29 is 20.1 Å². The van der Waals surface area contributed by atoms with Gasteiger partial charge in [-0.1, -0.05) is 12.1 Å². The van der Waals surface area contributed by atoms with Gasteiger partial charge in [-0.2, -0.15) is 0 Å². The van der Waals surface area contributed by atoms with Gasteiger partial charge < -0.3 is 20.1 Å². The van der Waals surface area contributed by atoms with Gasteiger partial charge in [-0.15, -0.1) is 0 Å². The number of ether oxygens (including phenoxy) is 1. The average Bonchev–Trinajstić information content (AvgIpc) is 2.38. The van der Waals surface area contributed by atoms with E-state index in [1.807, 2.05) is 0 Å². The van der Waals surface area contributed by atoms with E-state index < -0.39 is 6.10 Å². The molecule has 0 radical (unpaired) electrons. The average molecular weight is 246 g/mol. The number of hydrogen-bond acceptors (Lipinski definition) is 4. The van der Waals surface area contributed by atoms with Crippen molar-refractivity contribution in [3.8, 4) is 17.2 Å². The summed E-state index contributed by atoms with van der Waals surface area (Å²) >= 11 is 0. The Morgan fingerprint density at radius 1 is 0.833 bits per heavy atom. The first-order chi connectivity index (χ1) is 8.65. The summed E-state index contributed by atoms with van der Waals surface area (Å²) in [6.07, 6.45) is -0.764. The van der Waals surface area contributed by atoms with Crippen LogP contribution in [0, 0.1) is 0 Å². The fourth-order valence-electron chi connectivity index (χ4n) is 1.51. The standard InChI is InChI=1S/C14H14O4/c15-11-3-1-10(2-4-11)14(17)9-18-13-7-5-12(16)6-8-13/h1-8,14-17H,9H2. The van der Waals surface area contributed by atoms with E-state index in [0.29, 0.717) is 11.3 Å². The van der Waals surface area contributed by atoms with Gasteiger partial charge in [0.15, 0.2) is 0 Å². The second-order valence-electron chi connectivity index (χ2n) is 3.91. The highest BCUT2D eigenvalue weighted by Gasteiger charge is 2.08. The smallest absolute Gasteiger partial charge is 0.119 e. The number of aliphatic hydroxyl groups excluding tert-OH is 1. The van der Waals surface area contributed by atoms with E-state index in [1.54, 1.807) is 24.3 Å². The summed E-state index contributed by atoms with van der Waals surface area (Å²) in [5.41, 5.74) is 0.673. The molecule has 2 rings (SSSR count). The van der Waals surface area contributed by atoms with Crippen LogP contribution in [-0.2, 0) is 0 Å². The van der Waals surface area contributed by atoms with E-state index in [2.05, 4.69) is 0 Å². The van der Waals surface area contributed by atoms with Crippen molar-refractivity contribution in [2.45, 2.75) is 6.10 Å². The summed E-state index contributed by atoms with van der Waals surface area (Å²) in [5, 5.41) is 28.1. The summed E-state index contributed by atoms with van der Waals surface area (Å²) in [6, 6.07) is 12.6. The minimum Gasteiger partial charge on any atom is -0.508 e. The fourth-order valence-corrected chi connectivity index (χ4v) is 1.51. The lowest BCUT2D eigenvalue weighted by Crippen LogP contribution is -2.09. The Morgan fingerprint density at radius 2 is 1.33 bits per heavy atom. The van der Waals surface area contributed by atoms with Crippen molar-refractivity contribution in [3.63, 3.8) is 0 Å². The van der Waals surface area contributed by atoms with Crippen LogP contribution in [0.2, 0.25) is 0 Å². The van der Waals surface area contributed by atoms with Crippen LogP contribution in [0.3, 0.4) is 0 Å². The Kier molecular flexibility index (Phi) is 3.69. The molecule has 0 aliphatic carbocycles.